The van der Waals surface area contributed by atoms with Gasteiger partial charge in [-0.1, -0.05) is 13.8 Å². The first-order valence-corrected chi connectivity index (χ1v) is 5.99. The molecule has 2 rings (SSSR count). The standard InChI is InChI=1S/C13H18N4O/c1-9(2)13-15-12(17(3)16-13)8-14-10-4-6-11(18)7-5-10/h4-7,9,14,18H,8H2,1-3H3. The number of phenolic OH excluding ortho intramolecular Hbond substituents is 1. The van der Waals surface area contributed by atoms with Crippen LogP contribution in [0, 0.1) is 0 Å². The van der Waals surface area contributed by atoms with Gasteiger partial charge in [-0.2, -0.15) is 5.10 Å². The quantitative estimate of drug-likeness (QED) is 0.812. The monoisotopic (exact) mass is 246 g/mol. The number of anilines is 1. The summed E-state index contributed by atoms with van der Waals surface area (Å²) in [6.07, 6.45) is 0. The molecule has 0 spiro atoms. The van der Waals surface area contributed by atoms with Gasteiger partial charge in [-0.15, -0.1) is 0 Å². The average Bonchev–Trinajstić information content (AvgIpc) is 2.70. The smallest absolute Gasteiger partial charge is 0.153 e. The Balaban J connectivity index is 2.03. The Morgan fingerprint density at radius 3 is 2.50 bits per heavy atom. The molecule has 96 valence electrons. The van der Waals surface area contributed by atoms with Crippen LogP contribution in [0.25, 0.3) is 0 Å². The van der Waals surface area contributed by atoms with Crippen LogP contribution in [0.5, 0.6) is 5.75 Å². The van der Waals surface area contributed by atoms with Gasteiger partial charge in [-0.3, -0.25) is 4.68 Å². The summed E-state index contributed by atoms with van der Waals surface area (Å²) in [5.74, 6) is 2.35. The van der Waals surface area contributed by atoms with E-state index in [-0.39, 0.29) is 5.75 Å². The van der Waals surface area contributed by atoms with Crippen LogP contribution in [-0.4, -0.2) is 19.9 Å². The topological polar surface area (TPSA) is 63.0 Å². The van der Waals surface area contributed by atoms with E-state index < -0.39 is 0 Å². The molecule has 0 unspecified atom stereocenters. The number of hydrogen-bond acceptors (Lipinski definition) is 4. The van der Waals surface area contributed by atoms with Gasteiger partial charge >= 0.3 is 0 Å². The van der Waals surface area contributed by atoms with Crippen LogP contribution < -0.4 is 5.32 Å². The molecule has 0 saturated heterocycles. The number of nitrogens with zero attached hydrogens (tertiary/aromatic N) is 3. The highest BCUT2D eigenvalue weighted by molar-refractivity contribution is 5.45. The fourth-order valence-electron chi connectivity index (χ4n) is 1.60. The normalized spacial score (nSPS) is 10.9. The minimum absolute atomic E-state index is 0.265. The third-order valence-electron chi connectivity index (χ3n) is 2.70. The van der Waals surface area contributed by atoms with Gasteiger partial charge in [-0.25, -0.2) is 4.98 Å². The minimum atomic E-state index is 0.265. The Morgan fingerprint density at radius 2 is 1.94 bits per heavy atom. The van der Waals surface area contributed by atoms with Crippen molar-refractivity contribution < 1.29 is 5.11 Å². The second-order valence-corrected chi connectivity index (χ2v) is 4.56. The maximum Gasteiger partial charge on any atom is 0.153 e. The number of phenols is 1. The Hall–Kier alpha value is -2.04. The van der Waals surface area contributed by atoms with E-state index in [0.717, 1.165) is 17.3 Å². The number of nitrogens with one attached hydrogen (secondary N) is 1. The molecule has 1 aromatic heterocycles. The molecule has 0 aliphatic heterocycles. The molecule has 5 heteroatoms. The number of benzene rings is 1. The molecule has 1 aromatic carbocycles. The van der Waals surface area contributed by atoms with Gasteiger partial charge in [0, 0.05) is 18.7 Å². The van der Waals surface area contributed by atoms with Gasteiger partial charge in [0.05, 0.1) is 6.54 Å². The van der Waals surface area contributed by atoms with Crippen molar-refractivity contribution in [2.24, 2.45) is 7.05 Å². The zero-order valence-electron chi connectivity index (χ0n) is 10.9. The van der Waals surface area contributed by atoms with Crippen molar-refractivity contribution in [3.05, 3.63) is 35.9 Å². The number of aromatic nitrogens is 3. The van der Waals surface area contributed by atoms with Gasteiger partial charge in [0.25, 0.3) is 0 Å². The van der Waals surface area contributed by atoms with Crippen molar-refractivity contribution in [1.29, 1.82) is 0 Å². The molecule has 2 N–H and O–H groups in total. The van der Waals surface area contributed by atoms with Crippen LogP contribution >= 0.6 is 0 Å². The Morgan fingerprint density at radius 1 is 1.28 bits per heavy atom. The Bertz CT molecular complexity index is 516. The lowest BCUT2D eigenvalue weighted by Crippen LogP contribution is -2.06. The van der Waals surface area contributed by atoms with Gasteiger partial charge in [0.2, 0.25) is 0 Å². The molecular weight excluding hydrogens is 228 g/mol. The molecule has 1 heterocycles. The molecule has 0 fully saturated rings. The van der Waals surface area contributed by atoms with Crippen molar-refractivity contribution >= 4 is 5.69 Å². The fraction of sp³-hybridized carbons (Fsp3) is 0.385. The summed E-state index contributed by atoms with van der Waals surface area (Å²) in [6.45, 7) is 4.76. The Labute approximate surface area is 106 Å². The van der Waals surface area contributed by atoms with Crippen molar-refractivity contribution in [3.8, 4) is 5.75 Å². The van der Waals surface area contributed by atoms with E-state index in [1.165, 1.54) is 0 Å². The van der Waals surface area contributed by atoms with E-state index in [9.17, 15) is 5.11 Å². The third-order valence-corrected chi connectivity index (χ3v) is 2.70. The number of aryl methyl sites for hydroxylation is 1. The summed E-state index contributed by atoms with van der Waals surface area (Å²) in [7, 11) is 1.90. The maximum atomic E-state index is 9.20. The molecule has 0 amide bonds. The van der Waals surface area contributed by atoms with E-state index in [0.29, 0.717) is 12.5 Å². The highest BCUT2D eigenvalue weighted by Gasteiger charge is 2.09. The molecule has 0 aliphatic rings. The second kappa shape index (κ2) is 5.08. The summed E-state index contributed by atoms with van der Waals surface area (Å²) >= 11 is 0. The van der Waals surface area contributed by atoms with Gasteiger partial charge in [0.15, 0.2) is 5.82 Å². The molecule has 0 aliphatic carbocycles. The summed E-state index contributed by atoms with van der Waals surface area (Å²) in [6, 6.07) is 6.96. The molecule has 0 atom stereocenters. The second-order valence-electron chi connectivity index (χ2n) is 4.56. The van der Waals surface area contributed by atoms with Gasteiger partial charge in [-0.05, 0) is 24.3 Å². The number of hydrogen-bond donors (Lipinski definition) is 2. The van der Waals surface area contributed by atoms with Crippen LogP contribution in [0.3, 0.4) is 0 Å². The molecule has 18 heavy (non-hydrogen) atoms. The number of rotatable bonds is 4. The van der Waals surface area contributed by atoms with Crippen molar-refractivity contribution in [3.63, 3.8) is 0 Å². The highest BCUT2D eigenvalue weighted by Crippen LogP contribution is 2.15. The first-order chi connectivity index (χ1) is 8.56. The van der Waals surface area contributed by atoms with Crippen molar-refractivity contribution in [1.82, 2.24) is 14.8 Å². The largest absolute Gasteiger partial charge is 0.508 e. The van der Waals surface area contributed by atoms with E-state index in [1.54, 1.807) is 16.8 Å². The molecule has 0 saturated carbocycles. The number of aromatic hydroxyl groups is 1. The van der Waals surface area contributed by atoms with Crippen molar-refractivity contribution in [2.75, 3.05) is 5.32 Å². The van der Waals surface area contributed by atoms with Crippen LogP contribution in [0.4, 0.5) is 5.69 Å². The molecule has 0 radical (unpaired) electrons. The summed E-state index contributed by atoms with van der Waals surface area (Å²) in [4.78, 5) is 4.48. The van der Waals surface area contributed by atoms with Crippen LogP contribution in [0.15, 0.2) is 24.3 Å². The predicted octanol–water partition coefficient (Wildman–Crippen LogP) is 2.26. The highest BCUT2D eigenvalue weighted by atomic mass is 16.3. The van der Waals surface area contributed by atoms with E-state index in [2.05, 4.69) is 29.2 Å². The lowest BCUT2D eigenvalue weighted by atomic mass is 10.2. The molecule has 2 aromatic rings. The lowest BCUT2D eigenvalue weighted by Gasteiger charge is -2.05. The fourth-order valence-corrected chi connectivity index (χ4v) is 1.60. The third kappa shape index (κ3) is 2.80. The molecular formula is C13H18N4O. The van der Waals surface area contributed by atoms with Crippen LogP contribution in [0.2, 0.25) is 0 Å². The van der Waals surface area contributed by atoms with Gasteiger partial charge in [0.1, 0.15) is 11.6 Å². The van der Waals surface area contributed by atoms with Crippen LogP contribution in [-0.2, 0) is 13.6 Å². The SMILES string of the molecule is CC(C)c1nc(CNc2ccc(O)cc2)n(C)n1. The van der Waals surface area contributed by atoms with E-state index in [4.69, 9.17) is 0 Å². The summed E-state index contributed by atoms with van der Waals surface area (Å²) in [5.41, 5.74) is 0.946. The zero-order valence-corrected chi connectivity index (χ0v) is 10.9. The van der Waals surface area contributed by atoms with Gasteiger partial charge < -0.3 is 10.4 Å². The predicted molar refractivity (Wildman–Crippen MR) is 70.5 cm³/mol. The summed E-state index contributed by atoms with van der Waals surface area (Å²) < 4.78 is 1.79. The van der Waals surface area contributed by atoms with E-state index >= 15 is 0 Å². The van der Waals surface area contributed by atoms with E-state index in [1.807, 2.05) is 19.2 Å². The average molecular weight is 246 g/mol. The maximum absolute atomic E-state index is 9.20. The Kier molecular flexibility index (Phi) is 3.50. The molecule has 5 nitrogen and oxygen atoms in total. The first kappa shape index (κ1) is 12.4. The minimum Gasteiger partial charge on any atom is -0.508 e. The molecule has 0 bridgehead atoms. The summed E-state index contributed by atoms with van der Waals surface area (Å²) in [5, 5.41) is 16.8. The first-order valence-electron chi connectivity index (χ1n) is 5.99. The van der Waals surface area contributed by atoms with Crippen molar-refractivity contribution in [2.45, 2.75) is 26.3 Å². The van der Waals surface area contributed by atoms with Crippen LogP contribution in [0.1, 0.15) is 31.4 Å². The lowest BCUT2D eigenvalue weighted by molar-refractivity contribution is 0.475. The zero-order chi connectivity index (χ0) is 13.1.